The van der Waals surface area contributed by atoms with E-state index in [9.17, 15) is 8.78 Å². The van der Waals surface area contributed by atoms with Gasteiger partial charge < -0.3 is 9.47 Å². The molecule has 0 atom stereocenters. The largest absolute Gasteiger partial charge is 0.492 e. The second-order valence-electron chi connectivity index (χ2n) is 7.65. The van der Waals surface area contributed by atoms with E-state index in [0.29, 0.717) is 30.8 Å². The fraction of sp³-hybridized carbons (Fsp3) is 0.500. The van der Waals surface area contributed by atoms with Crippen LogP contribution in [0.4, 0.5) is 8.78 Å². The molecule has 1 fully saturated rings. The predicted octanol–water partition coefficient (Wildman–Crippen LogP) is 5.84. The third kappa shape index (κ3) is 7.65. The van der Waals surface area contributed by atoms with Crippen LogP contribution in [0.25, 0.3) is 0 Å². The van der Waals surface area contributed by atoms with Gasteiger partial charge in [-0.2, -0.15) is 0 Å². The van der Waals surface area contributed by atoms with Gasteiger partial charge in [-0.1, -0.05) is 44.2 Å². The Bertz CT molecular complexity index is 681. The van der Waals surface area contributed by atoms with Crippen LogP contribution in [0.15, 0.2) is 48.5 Å². The molecule has 0 spiro atoms. The average molecular weight is 404 g/mol. The van der Waals surface area contributed by atoms with Crippen molar-refractivity contribution in [1.29, 1.82) is 0 Å². The normalized spacial score (nSPS) is 15.7. The Morgan fingerprint density at radius 3 is 1.69 bits per heavy atom. The summed E-state index contributed by atoms with van der Waals surface area (Å²) in [5.41, 5.74) is 0. The van der Waals surface area contributed by atoms with E-state index in [2.05, 4.69) is 4.90 Å². The van der Waals surface area contributed by atoms with Crippen LogP contribution in [0, 0.1) is 11.6 Å². The highest BCUT2D eigenvalue weighted by atomic mass is 19.1. The first-order chi connectivity index (χ1) is 14.2. The zero-order valence-electron chi connectivity index (χ0n) is 17.0. The highest BCUT2D eigenvalue weighted by Crippen LogP contribution is 2.22. The topological polar surface area (TPSA) is 21.7 Å². The molecule has 0 heterocycles. The van der Waals surface area contributed by atoms with E-state index in [1.54, 1.807) is 24.3 Å². The maximum Gasteiger partial charge on any atom is 0.126 e. The van der Waals surface area contributed by atoms with Gasteiger partial charge in [-0.25, -0.2) is 8.78 Å². The molecule has 1 aliphatic carbocycles. The summed E-state index contributed by atoms with van der Waals surface area (Å²) in [7, 11) is 0. The first-order valence-electron chi connectivity index (χ1n) is 10.7. The molecule has 2 aromatic rings. The van der Waals surface area contributed by atoms with Gasteiger partial charge in [0.15, 0.2) is 0 Å². The molecule has 0 radical (unpaired) electrons. The van der Waals surface area contributed by atoms with E-state index < -0.39 is 0 Å². The molecule has 0 aromatic heterocycles. The Morgan fingerprint density at radius 1 is 0.724 bits per heavy atom. The Morgan fingerprint density at radius 2 is 1.21 bits per heavy atom. The van der Waals surface area contributed by atoms with E-state index >= 15 is 0 Å². The van der Waals surface area contributed by atoms with Crippen LogP contribution in [0.2, 0.25) is 0 Å². The van der Waals surface area contributed by atoms with Crippen molar-refractivity contribution >= 4 is 0 Å². The fourth-order valence-electron chi connectivity index (χ4n) is 3.95. The standard InChI is InChI=1S/C24H31F2NO2/c25-20-8-6-12-23(18-20)28-16-14-27(22-10-4-2-1-3-5-11-22)15-17-29-24-13-7-9-21(26)19-24/h6-9,12-13,18-19,22H,1-5,10-11,14-17H2. The van der Waals surface area contributed by atoms with Crippen LogP contribution in [0.5, 0.6) is 11.5 Å². The summed E-state index contributed by atoms with van der Waals surface area (Å²) >= 11 is 0. The maximum atomic E-state index is 13.3. The fourth-order valence-corrected chi connectivity index (χ4v) is 3.95. The molecule has 158 valence electrons. The van der Waals surface area contributed by atoms with Gasteiger partial charge in [0, 0.05) is 31.3 Å². The minimum absolute atomic E-state index is 0.289. The van der Waals surface area contributed by atoms with Crippen LogP contribution >= 0.6 is 0 Å². The Balaban J connectivity index is 1.54. The minimum atomic E-state index is -0.289. The number of ether oxygens (including phenoxy) is 2. The molecule has 0 amide bonds. The molecule has 3 rings (SSSR count). The second kappa shape index (κ2) is 11.8. The van der Waals surface area contributed by atoms with Gasteiger partial charge in [0.25, 0.3) is 0 Å². The van der Waals surface area contributed by atoms with Crippen molar-refractivity contribution < 1.29 is 18.3 Å². The van der Waals surface area contributed by atoms with Crippen molar-refractivity contribution in [2.75, 3.05) is 26.3 Å². The van der Waals surface area contributed by atoms with Gasteiger partial charge in [0.1, 0.15) is 36.3 Å². The molecule has 0 aliphatic heterocycles. The number of benzene rings is 2. The molecule has 0 saturated heterocycles. The lowest BCUT2D eigenvalue weighted by atomic mass is 9.95. The van der Waals surface area contributed by atoms with Crippen LogP contribution in [-0.2, 0) is 0 Å². The number of halogens is 2. The summed E-state index contributed by atoms with van der Waals surface area (Å²) in [4.78, 5) is 2.42. The molecular weight excluding hydrogens is 372 g/mol. The van der Waals surface area contributed by atoms with Crippen LogP contribution in [-0.4, -0.2) is 37.2 Å². The van der Waals surface area contributed by atoms with Gasteiger partial charge in [-0.3, -0.25) is 4.90 Å². The van der Waals surface area contributed by atoms with Crippen molar-refractivity contribution in [3.05, 3.63) is 60.2 Å². The average Bonchev–Trinajstić information content (AvgIpc) is 2.67. The highest BCUT2D eigenvalue weighted by Gasteiger charge is 2.19. The van der Waals surface area contributed by atoms with E-state index in [1.807, 2.05) is 0 Å². The number of hydrogen-bond acceptors (Lipinski definition) is 3. The summed E-state index contributed by atoms with van der Waals surface area (Å²) in [6, 6.07) is 13.0. The van der Waals surface area contributed by atoms with Crippen LogP contribution < -0.4 is 9.47 Å². The monoisotopic (exact) mass is 403 g/mol. The third-order valence-corrected chi connectivity index (χ3v) is 5.48. The summed E-state index contributed by atoms with van der Waals surface area (Å²) in [6.07, 6.45) is 8.78. The van der Waals surface area contributed by atoms with Gasteiger partial charge >= 0.3 is 0 Å². The molecule has 1 aliphatic rings. The van der Waals surface area contributed by atoms with E-state index in [0.717, 1.165) is 13.1 Å². The maximum absolute atomic E-state index is 13.3. The van der Waals surface area contributed by atoms with Crippen molar-refractivity contribution in [3.8, 4) is 11.5 Å². The van der Waals surface area contributed by atoms with Crippen molar-refractivity contribution in [3.63, 3.8) is 0 Å². The van der Waals surface area contributed by atoms with E-state index in [1.165, 1.54) is 69.2 Å². The van der Waals surface area contributed by atoms with Crippen molar-refractivity contribution in [2.45, 2.75) is 51.0 Å². The third-order valence-electron chi connectivity index (χ3n) is 5.48. The number of rotatable bonds is 9. The SMILES string of the molecule is Fc1cccc(OCCN(CCOc2cccc(F)c2)C2CCCCCCC2)c1. The molecule has 29 heavy (non-hydrogen) atoms. The van der Waals surface area contributed by atoms with Crippen molar-refractivity contribution in [1.82, 2.24) is 4.90 Å². The Hall–Kier alpha value is -2.14. The predicted molar refractivity (Wildman–Crippen MR) is 111 cm³/mol. The Kier molecular flexibility index (Phi) is 8.75. The molecular formula is C24H31F2NO2. The zero-order chi connectivity index (χ0) is 20.3. The lowest BCUT2D eigenvalue weighted by molar-refractivity contribution is 0.117. The molecule has 5 heteroatoms. The quantitative estimate of drug-likeness (QED) is 0.525. The van der Waals surface area contributed by atoms with E-state index in [-0.39, 0.29) is 11.6 Å². The minimum Gasteiger partial charge on any atom is -0.492 e. The van der Waals surface area contributed by atoms with Gasteiger partial charge in [-0.05, 0) is 37.1 Å². The molecule has 0 N–H and O–H groups in total. The summed E-state index contributed by atoms with van der Waals surface area (Å²) in [5, 5.41) is 0. The molecule has 0 bridgehead atoms. The molecule has 0 unspecified atom stereocenters. The molecule has 3 nitrogen and oxygen atoms in total. The number of nitrogens with zero attached hydrogens (tertiary/aromatic N) is 1. The van der Waals surface area contributed by atoms with Crippen LogP contribution in [0.1, 0.15) is 44.9 Å². The van der Waals surface area contributed by atoms with Crippen LogP contribution in [0.3, 0.4) is 0 Å². The van der Waals surface area contributed by atoms with Gasteiger partial charge in [0.05, 0.1) is 0 Å². The lowest BCUT2D eigenvalue weighted by Crippen LogP contribution is -2.41. The molecule has 2 aromatic carbocycles. The van der Waals surface area contributed by atoms with E-state index in [4.69, 9.17) is 9.47 Å². The Labute approximate surface area is 172 Å². The summed E-state index contributed by atoms with van der Waals surface area (Å²) in [6.45, 7) is 2.52. The van der Waals surface area contributed by atoms with Crippen molar-refractivity contribution in [2.24, 2.45) is 0 Å². The zero-order valence-corrected chi connectivity index (χ0v) is 17.0. The smallest absolute Gasteiger partial charge is 0.126 e. The lowest BCUT2D eigenvalue weighted by Gasteiger charge is -2.33. The second-order valence-corrected chi connectivity index (χ2v) is 7.65. The number of hydrogen-bond donors (Lipinski definition) is 0. The summed E-state index contributed by atoms with van der Waals surface area (Å²) < 4.78 is 38.2. The summed E-state index contributed by atoms with van der Waals surface area (Å²) in [5.74, 6) is 0.531. The van der Waals surface area contributed by atoms with Gasteiger partial charge in [0.2, 0.25) is 0 Å². The molecule has 1 saturated carbocycles. The first-order valence-corrected chi connectivity index (χ1v) is 10.7. The first kappa shape index (κ1) is 21.6. The highest BCUT2D eigenvalue weighted by molar-refractivity contribution is 5.23. The van der Waals surface area contributed by atoms with Gasteiger partial charge in [-0.15, -0.1) is 0 Å².